The van der Waals surface area contributed by atoms with E-state index < -0.39 is 0 Å². The Hall–Kier alpha value is -0.570. The van der Waals surface area contributed by atoms with Crippen LogP contribution in [0.1, 0.15) is 25.0 Å². The molecule has 1 aromatic rings. The molecule has 0 heterocycles. The number of alkyl halides is 1. The number of nitrogens with one attached hydrogen (secondary N) is 1. The summed E-state index contributed by atoms with van der Waals surface area (Å²) in [6.07, 6.45) is 0. The van der Waals surface area contributed by atoms with Gasteiger partial charge in [-0.15, -0.1) is 11.6 Å². The Labute approximate surface area is 109 Å². The second kappa shape index (κ2) is 8.51. The SMILES string of the molecule is CC(C)COCCNCc1cccc(CCl)c1. The minimum atomic E-state index is 0.575. The summed E-state index contributed by atoms with van der Waals surface area (Å²) in [5.41, 5.74) is 2.44. The van der Waals surface area contributed by atoms with Crippen LogP contribution in [0.25, 0.3) is 0 Å². The lowest BCUT2D eigenvalue weighted by Gasteiger charge is -2.08. The maximum absolute atomic E-state index is 5.79. The van der Waals surface area contributed by atoms with Gasteiger partial charge >= 0.3 is 0 Å². The summed E-state index contributed by atoms with van der Waals surface area (Å²) in [7, 11) is 0. The van der Waals surface area contributed by atoms with Crippen LogP contribution in [0.3, 0.4) is 0 Å². The largest absolute Gasteiger partial charge is 0.380 e. The molecule has 0 saturated carbocycles. The molecule has 0 aliphatic heterocycles. The lowest BCUT2D eigenvalue weighted by atomic mass is 10.1. The fourth-order valence-corrected chi connectivity index (χ4v) is 1.69. The lowest BCUT2D eigenvalue weighted by Crippen LogP contribution is -2.20. The van der Waals surface area contributed by atoms with Crippen molar-refractivity contribution in [3.63, 3.8) is 0 Å². The van der Waals surface area contributed by atoms with E-state index in [0.29, 0.717) is 11.8 Å². The first kappa shape index (κ1) is 14.5. The number of hydrogen-bond donors (Lipinski definition) is 1. The zero-order chi connectivity index (χ0) is 12.5. The Morgan fingerprint density at radius 2 is 2.06 bits per heavy atom. The van der Waals surface area contributed by atoms with E-state index in [0.717, 1.165) is 26.3 Å². The van der Waals surface area contributed by atoms with E-state index in [2.05, 4.69) is 31.3 Å². The van der Waals surface area contributed by atoms with Gasteiger partial charge < -0.3 is 10.1 Å². The average Bonchev–Trinajstić information content (AvgIpc) is 2.33. The molecule has 0 radical (unpaired) electrons. The third-order valence-corrected chi connectivity index (χ3v) is 2.66. The number of hydrogen-bond acceptors (Lipinski definition) is 2. The molecule has 0 aliphatic rings. The minimum absolute atomic E-state index is 0.575. The average molecular weight is 256 g/mol. The Bertz CT molecular complexity index is 315. The van der Waals surface area contributed by atoms with Crippen LogP contribution < -0.4 is 5.32 Å². The fraction of sp³-hybridized carbons (Fsp3) is 0.571. The summed E-state index contributed by atoms with van der Waals surface area (Å²) < 4.78 is 5.49. The van der Waals surface area contributed by atoms with Crippen LogP contribution in [0.5, 0.6) is 0 Å². The summed E-state index contributed by atoms with van der Waals surface area (Å²) in [5, 5.41) is 3.36. The molecule has 96 valence electrons. The van der Waals surface area contributed by atoms with E-state index in [1.54, 1.807) is 0 Å². The minimum Gasteiger partial charge on any atom is -0.380 e. The third-order valence-electron chi connectivity index (χ3n) is 2.35. The van der Waals surface area contributed by atoms with Gasteiger partial charge in [-0.3, -0.25) is 0 Å². The highest BCUT2D eigenvalue weighted by atomic mass is 35.5. The van der Waals surface area contributed by atoms with E-state index in [1.807, 2.05) is 12.1 Å². The van der Waals surface area contributed by atoms with E-state index in [9.17, 15) is 0 Å². The first-order chi connectivity index (χ1) is 8.22. The Morgan fingerprint density at radius 3 is 2.76 bits per heavy atom. The van der Waals surface area contributed by atoms with Crippen molar-refractivity contribution >= 4 is 11.6 Å². The Balaban J connectivity index is 2.13. The summed E-state index contributed by atoms with van der Waals surface area (Å²) in [6.45, 7) is 7.68. The summed E-state index contributed by atoms with van der Waals surface area (Å²) >= 11 is 5.79. The summed E-state index contributed by atoms with van der Waals surface area (Å²) in [5.74, 6) is 1.18. The quantitative estimate of drug-likeness (QED) is 0.569. The van der Waals surface area contributed by atoms with Gasteiger partial charge in [-0.25, -0.2) is 0 Å². The molecule has 1 N–H and O–H groups in total. The second-order valence-electron chi connectivity index (χ2n) is 4.60. The molecule has 3 heteroatoms. The zero-order valence-electron chi connectivity index (χ0n) is 10.7. The molecule has 2 nitrogen and oxygen atoms in total. The van der Waals surface area contributed by atoms with E-state index in [1.165, 1.54) is 11.1 Å². The van der Waals surface area contributed by atoms with Gasteiger partial charge in [-0.1, -0.05) is 38.1 Å². The normalized spacial score (nSPS) is 11.1. The van der Waals surface area contributed by atoms with Crippen molar-refractivity contribution in [2.24, 2.45) is 5.92 Å². The van der Waals surface area contributed by atoms with Crippen molar-refractivity contribution in [3.8, 4) is 0 Å². The molecule has 17 heavy (non-hydrogen) atoms. The van der Waals surface area contributed by atoms with Gasteiger partial charge in [-0.2, -0.15) is 0 Å². The molecule has 1 aromatic carbocycles. The molecule has 0 unspecified atom stereocenters. The van der Waals surface area contributed by atoms with Crippen molar-refractivity contribution in [3.05, 3.63) is 35.4 Å². The van der Waals surface area contributed by atoms with E-state index in [-0.39, 0.29) is 0 Å². The lowest BCUT2D eigenvalue weighted by molar-refractivity contribution is 0.111. The Morgan fingerprint density at radius 1 is 1.29 bits per heavy atom. The van der Waals surface area contributed by atoms with Gasteiger partial charge in [0.15, 0.2) is 0 Å². The van der Waals surface area contributed by atoms with Gasteiger partial charge in [-0.05, 0) is 17.0 Å². The predicted molar refractivity (Wildman–Crippen MR) is 73.4 cm³/mol. The second-order valence-corrected chi connectivity index (χ2v) is 4.87. The van der Waals surface area contributed by atoms with Crippen LogP contribution in [-0.4, -0.2) is 19.8 Å². The Kier molecular flexibility index (Phi) is 7.25. The summed E-state index contributed by atoms with van der Waals surface area (Å²) in [4.78, 5) is 0. The highest BCUT2D eigenvalue weighted by Gasteiger charge is 1.96. The first-order valence-electron chi connectivity index (χ1n) is 6.14. The topological polar surface area (TPSA) is 21.3 Å². The number of rotatable bonds is 8. The molecular weight excluding hydrogens is 234 g/mol. The standard InChI is InChI=1S/C14H22ClNO/c1-12(2)11-17-7-6-16-10-14-5-3-4-13(8-14)9-15/h3-5,8,12,16H,6-7,9-11H2,1-2H3. The highest BCUT2D eigenvalue weighted by molar-refractivity contribution is 6.17. The van der Waals surface area contributed by atoms with Gasteiger partial charge in [0.25, 0.3) is 0 Å². The van der Waals surface area contributed by atoms with Crippen molar-refractivity contribution < 1.29 is 4.74 Å². The van der Waals surface area contributed by atoms with Crippen LogP contribution >= 0.6 is 11.6 Å². The van der Waals surface area contributed by atoms with Gasteiger partial charge in [0, 0.05) is 25.6 Å². The third kappa shape index (κ3) is 6.67. The molecule has 0 amide bonds. The fourth-order valence-electron chi connectivity index (χ4n) is 1.52. The molecule has 0 spiro atoms. The van der Waals surface area contributed by atoms with E-state index >= 15 is 0 Å². The summed E-state index contributed by atoms with van der Waals surface area (Å²) in [6, 6.07) is 8.33. The molecule has 0 aromatic heterocycles. The first-order valence-corrected chi connectivity index (χ1v) is 6.68. The molecule has 0 fully saturated rings. The molecule has 0 saturated heterocycles. The van der Waals surface area contributed by atoms with Crippen LogP contribution in [0.2, 0.25) is 0 Å². The smallest absolute Gasteiger partial charge is 0.0591 e. The van der Waals surface area contributed by atoms with Crippen molar-refractivity contribution in [1.29, 1.82) is 0 Å². The number of ether oxygens (including phenoxy) is 1. The van der Waals surface area contributed by atoms with Crippen LogP contribution in [-0.2, 0) is 17.2 Å². The molecule has 0 bridgehead atoms. The zero-order valence-corrected chi connectivity index (χ0v) is 11.5. The molecular formula is C14H22ClNO. The van der Waals surface area contributed by atoms with E-state index in [4.69, 9.17) is 16.3 Å². The molecule has 0 aliphatic carbocycles. The number of benzene rings is 1. The van der Waals surface area contributed by atoms with Gasteiger partial charge in [0.2, 0.25) is 0 Å². The van der Waals surface area contributed by atoms with Crippen molar-refractivity contribution in [2.45, 2.75) is 26.3 Å². The molecule has 0 atom stereocenters. The van der Waals surface area contributed by atoms with Gasteiger partial charge in [0.1, 0.15) is 0 Å². The van der Waals surface area contributed by atoms with Gasteiger partial charge in [0.05, 0.1) is 6.61 Å². The monoisotopic (exact) mass is 255 g/mol. The van der Waals surface area contributed by atoms with Crippen LogP contribution in [0.4, 0.5) is 0 Å². The number of halogens is 1. The highest BCUT2D eigenvalue weighted by Crippen LogP contribution is 2.07. The van der Waals surface area contributed by atoms with Crippen LogP contribution in [0, 0.1) is 5.92 Å². The van der Waals surface area contributed by atoms with Crippen LogP contribution in [0.15, 0.2) is 24.3 Å². The maximum atomic E-state index is 5.79. The molecule has 1 rings (SSSR count). The van der Waals surface area contributed by atoms with Crippen molar-refractivity contribution in [2.75, 3.05) is 19.8 Å². The maximum Gasteiger partial charge on any atom is 0.0591 e. The predicted octanol–water partition coefficient (Wildman–Crippen LogP) is 3.19. The van der Waals surface area contributed by atoms with Crippen molar-refractivity contribution in [1.82, 2.24) is 5.32 Å².